The zero-order valence-electron chi connectivity index (χ0n) is 11.4. The van der Waals surface area contributed by atoms with Gasteiger partial charge < -0.3 is 4.90 Å². The van der Waals surface area contributed by atoms with Crippen molar-refractivity contribution in [3.63, 3.8) is 0 Å². The van der Waals surface area contributed by atoms with Gasteiger partial charge in [-0.1, -0.05) is 40.0 Å². The molecule has 1 unspecified atom stereocenters. The summed E-state index contributed by atoms with van der Waals surface area (Å²) >= 11 is 2.19. The van der Waals surface area contributed by atoms with E-state index in [1.165, 1.54) is 58.2 Å². The Morgan fingerprint density at radius 3 is 2.38 bits per heavy atom. The second-order valence-electron chi connectivity index (χ2n) is 5.31. The van der Waals surface area contributed by atoms with Crippen LogP contribution in [0.4, 0.5) is 0 Å². The number of hydrogen-bond donors (Lipinski definition) is 0. The van der Waals surface area contributed by atoms with Crippen LogP contribution < -0.4 is 0 Å². The topological polar surface area (TPSA) is 3.24 Å². The first kappa shape index (κ1) is 14.4. The van der Waals surface area contributed by atoms with E-state index in [0.717, 1.165) is 10.5 Å². The van der Waals surface area contributed by atoms with Gasteiger partial charge in [0.05, 0.1) is 0 Å². The third-order valence-corrected chi connectivity index (χ3v) is 4.57. The lowest BCUT2D eigenvalue weighted by atomic mass is 10.1. The maximum Gasteiger partial charge on any atom is 0.0177 e. The van der Waals surface area contributed by atoms with Gasteiger partial charge in [-0.15, -0.1) is 0 Å². The lowest BCUT2D eigenvalue weighted by Crippen LogP contribution is -2.35. The van der Waals surface area contributed by atoms with Crippen molar-refractivity contribution >= 4 is 11.8 Å². The maximum atomic E-state index is 2.69. The zero-order valence-corrected chi connectivity index (χ0v) is 12.2. The Bertz CT molecular complexity index is 164. The highest BCUT2D eigenvalue weighted by Crippen LogP contribution is 2.24. The van der Waals surface area contributed by atoms with Crippen molar-refractivity contribution in [1.82, 2.24) is 4.90 Å². The first-order valence-electron chi connectivity index (χ1n) is 7.10. The van der Waals surface area contributed by atoms with Crippen LogP contribution in [0.1, 0.15) is 59.3 Å². The van der Waals surface area contributed by atoms with Gasteiger partial charge in [-0.3, -0.25) is 0 Å². The number of likely N-dealkylation sites (tertiary alicyclic amines) is 1. The minimum absolute atomic E-state index is 0.784. The largest absolute Gasteiger partial charge is 0.302 e. The van der Waals surface area contributed by atoms with Crippen molar-refractivity contribution in [2.24, 2.45) is 0 Å². The van der Waals surface area contributed by atoms with Crippen LogP contribution in [0.15, 0.2) is 0 Å². The van der Waals surface area contributed by atoms with E-state index in [9.17, 15) is 0 Å². The van der Waals surface area contributed by atoms with E-state index in [1.807, 2.05) is 0 Å². The van der Waals surface area contributed by atoms with Gasteiger partial charge in [-0.05, 0) is 37.6 Å². The van der Waals surface area contributed by atoms with Gasteiger partial charge in [0.2, 0.25) is 0 Å². The highest BCUT2D eigenvalue weighted by Gasteiger charge is 2.17. The summed E-state index contributed by atoms with van der Waals surface area (Å²) in [5.41, 5.74) is 0. The summed E-state index contributed by atoms with van der Waals surface area (Å²) in [7, 11) is 0. The fraction of sp³-hybridized carbons (Fsp3) is 1.00. The van der Waals surface area contributed by atoms with E-state index in [-0.39, 0.29) is 0 Å². The normalized spacial score (nSPS) is 20.2. The van der Waals surface area contributed by atoms with Crippen LogP contribution in [0.3, 0.4) is 0 Å². The second-order valence-corrected chi connectivity index (χ2v) is 7.19. The van der Waals surface area contributed by atoms with Crippen molar-refractivity contribution in [2.45, 2.75) is 69.8 Å². The summed E-state index contributed by atoms with van der Waals surface area (Å²) in [5.74, 6) is 0. The maximum absolute atomic E-state index is 2.69. The molecule has 0 bridgehead atoms. The standard InChI is InChI=1S/C14H29NS/c1-4-5-9-14(16-13(2)3)12-15-10-7-6-8-11-15/h13-14H,4-12H2,1-3H3. The van der Waals surface area contributed by atoms with E-state index in [1.54, 1.807) is 0 Å². The Balaban J connectivity index is 2.28. The minimum atomic E-state index is 0.784. The summed E-state index contributed by atoms with van der Waals surface area (Å²) in [6.07, 6.45) is 8.45. The van der Waals surface area contributed by atoms with Crippen LogP contribution in [0.25, 0.3) is 0 Å². The molecular weight excluding hydrogens is 214 g/mol. The molecule has 1 fully saturated rings. The molecule has 1 atom stereocenters. The van der Waals surface area contributed by atoms with Gasteiger partial charge in [0, 0.05) is 11.8 Å². The summed E-state index contributed by atoms with van der Waals surface area (Å²) in [4.78, 5) is 2.69. The molecule has 96 valence electrons. The van der Waals surface area contributed by atoms with Gasteiger partial charge in [0.15, 0.2) is 0 Å². The number of hydrogen-bond acceptors (Lipinski definition) is 2. The van der Waals surface area contributed by atoms with Gasteiger partial charge in [0.25, 0.3) is 0 Å². The molecule has 1 rings (SSSR count). The fourth-order valence-corrected chi connectivity index (χ4v) is 3.82. The molecule has 1 heterocycles. The molecule has 0 radical (unpaired) electrons. The SMILES string of the molecule is CCCCC(CN1CCCCC1)SC(C)C. The lowest BCUT2D eigenvalue weighted by molar-refractivity contribution is 0.227. The second kappa shape index (κ2) is 8.41. The van der Waals surface area contributed by atoms with Crippen molar-refractivity contribution in [1.29, 1.82) is 0 Å². The predicted molar refractivity (Wildman–Crippen MR) is 76.3 cm³/mol. The van der Waals surface area contributed by atoms with E-state index < -0.39 is 0 Å². The minimum Gasteiger partial charge on any atom is -0.302 e. The van der Waals surface area contributed by atoms with E-state index in [2.05, 4.69) is 37.4 Å². The van der Waals surface area contributed by atoms with Crippen LogP contribution in [-0.4, -0.2) is 35.0 Å². The van der Waals surface area contributed by atoms with Crippen LogP contribution >= 0.6 is 11.8 Å². The molecule has 0 aliphatic carbocycles. The van der Waals surface area contributed by atoms with E-state index >= 15 is 0 Å². The average Bonchev–Trinajstić information content (AvgIpc) is 2.26. The molecule has 16 heavy (non-hydrogen) atoms. The van der Waals surface area contributed by atoms with Gasteiger partial charge >= 0.3 is 0 Å². The summed E-state index contributed by atoms with van der Waals surface area (Å²) in [5, 5.41) is 1.66. The molecule has 0 spiro atoms. The van der Waals surface area contributed by atoms with Crippen molar-refractivity contribution in [3.8, 4) is 0 Å². The number of unbranched alkanes of at least 4 members (excludes halogenated alkanes) is 1. The average molecular weight is 243 g/mol. The molecule has 1 saturated heterocycles. The predicted octanol–water partition coefficient (Wildman–Crippen LogP) is 4.17. The van der Waals surface area contributed by atoms with Crippen LogP contribution in [-0.2, 0) is 0 Å². The smallest absolute Gasteiger partial charge is 0.0177 e. The number of rotatable bonds is 7. The highest BCUT2D eigenvalue weighted by atomic mass is 32.2. The first-order valence-corrected chi connectivity index (χ1v) is 8.04. The molecule has 1 aliphatic rings. The van der Waals surface area contributed by atoms with Gasteiger partial charge in [-0.25, -0.2) is 0 Å². The molecule has 0 aromatic heterocycles. The lowest BCUT2D eigenvalue weighted by Gasteiger charge is -2.31. The molecule has 1 aliphatic heterocycles. The summed E-state index contributed by atoms with van der Waals surface area (Å²) in [6.45, 7) is 11.0. The third-order valence-electron chi connectivity index (χ3n) is 3.25. The van der Waals surface area contributed by atoms with Crippen LogP contribution in [0.2, 0.25) is 0 Å². The summed E-state index contributed by atoms with van der Waals surface area (Å²) in [6, 6.07) is 0. The summed E-state index contributed by atoms with van der Waals surface area (Å²) < 4.78 is 0. The number of piperidine rings is 1. The zero-order chi connectivity index (χ0) is 11.8. The Hall–Kier alpha value is 0.310. The number of thioether (sulfide) groups is 1. The Kier molecular flexibility index (Phi) is 7.55. The Morgan fingerprint density at radius 2 is 1.81 bits per heavy atom. The Labute approximate surface area is 106 Å². The molecule has 0 saturated carbocycles. The van der Waals surface area contributed by atoms with Crippen molar-refractivity contribution in [3.05, 3.63) is 0 Å². The quantitative estimate of drug-likeness (QED) is 0.660. The van der Waals surface area contributed by atoms with Gasteiger partial charge in [0.1, 0.15) is 0 Å². The molecule has 2 heteroatoms. The molecule has 0 aromatic carbocycles. The molecule has 1 nitrogen and oxygen atoms in total. The monoisotopic (exact) mass is 243 g/mol. The van der Waals surface area contributed by atoms with Crippen LogP contribution in [0, 0.1) is 0 Å². The molecule has 0 N–H and O–H groups in total. The molecule has 0 amide bonds. The first-order chi connectivity index (χ1) is 7.72. The van der Waals surface area contributed by atoms with E-state index in [4.69, 9.17) is 0 Å². The fourth-order valence-electron chi connectivity index (χ4n) is 2.45. The molecule has 0 aromatic rings. The third kappa shape index (κ3) is 6.15. The van der Waals surface area contributed by atoms with Crippen LogP contribution in [0.5, 0.6) is 0 Å². The van der Waals surface area contributed by atoms with Crippen molar-refractivity contribution < 1.29 is 0 Å². The van der Waals surface area contributed by atoms with Gasteiger partial charge in [-0.2, -0.15) is 11.8 Å². The Morgan fingerprint density at radius 1 is 1.12 bits per heavy atom. The van der Waals surface area contributed by atoms with Crippen molar-refractivity contribution in [2.75, 3.05) is 19.6 Å². The highest BCUT2D eigenvalue weighted by molar-refractivity contribution is 8.00. The van der Waals surface area contributed by atoms with E-state index in [0.29, 0.717) is 0 Å². The number of nitrogens with zero attached hydrogens (tertiary/aromatic N) is 1. The molecular formula is C14H29NS.